The minimum atomic E-state index is -0.318. The molecule has 0 aromatic heterocycles. The van der Waals surface area contributed by atoms with E-state index in [2.05, 4.69) is 0 Å². The van der Waals surface area contributed by atoms with Crippen LogP contribution < -0.4 is 4.90 Å². The summed E-state index contributed by atoms with van der Waals surface area (Å²) in [5, 5.41) is 0. The summed E-state index contributed by atoms with van der Waals surface area (Å²) in [6.45, 7) is 0.757. The molecule has 4 nitrogen and oxygen atoms in total. The molecule has 2 aliphatic rings. The van der Waals surface area contributed by atoms with Crippen LogP contribution in [0, 0.1) is 5.92 Å². The largest absolute Gasteiger partial charge is 0.465 e. The molecule has 1 aliphatic heterocycles. The summed E-state index contributed by atoms with van der Waals surface area (Å²) in [5.74, 6) is 0.0789. The van der Waals surface area contributed by atoms with Crippen LogP contribution in [0.5, 0.6) is 0 Å². The van der Waals surface area contributed by atoms with E-state index in [-0.39, 0.29) is 17.8 Å². The predicted molar refractivity (Wildman–Crippen MR) is 80.4 cm³/mol. The van der Waals surface area contributed by atoms with Gasteiger partial charge >= 0.3 is 5.97 Å². The van der Waals surface area contributed by atoms with Crippen molar-refractivity contribution in [2.24, 2.45) is 5.92 Å². The van der Waals surface area contributed by atoms with Crippen molar-refractivity contribution in [2.75, 3.05) is 18.6 Å². The predicted octanol–water partition coefficient (Wildman–Crippen LogP) is 2.94. The molecular weight excluding hydrogens is 266 g/mol. The summed E-state index contributed by atoms with van der Waals surface area (Å²) >= 11 is 0. The van der Waals surface area contributed by atoms with E-state index in [4.69, 9.17) is 4.74 Å². The molecule has 112 valence electrons. The van der Waals surface area contributed by atoms with Crippen molar-refractivity contribution in [3.8, 4) is 0 Å². The zero-order valence-electron chi connectivity index (χ0n) is 12.4. The first-order chi connectivity index (χ1) is 10.2. The van der Waals surface area contributed by atoms with E-state index in [0.29, 0.717) is 5.56 Å². The van der Waals surface area contributed by atoms with Gasteiger partial charge in [0.15, 0.2) is 0 Å². The van der Waals surface area contributed by atoms with Crippen molar-refractivity contribution in [3.63, 3.8) is 0 Å². The Morgan fingerprint density at radius 3 is 2.67 bits per heavy atom. The summed E-state index contributed by atoms with van der Waals surface area (Å²) in [7, 11) is 1.39. The second kappa shape index (κ2) is 5.88. The third kappa shape index (κ3) is 2.55. The van der Waals surface area contributed by atoms with Crippen molar-refractivity contribution in [3.05, 3.63) is 29.3 Å². The third-order valence-electron chi connectivity index (χ3n) is 4.63. The first kappa shape index (κ1) is 14.1. The molecule has 1 saturated carbocycles. The number of hydrogen-bond acceptors (Lipinski definition) is 3. The molecule has 0 bridgehead atoms. The van der Waals surface area contributed by atoms with Gasteiger partial charge in [0.2, 0.25) is 5.91 Å². The van der Waals surface area contributed by atoms with Gasteiger partial charge in [-0.25, -0.2) is 4.79 Å². The Balaban J connectivity index is 1.94. The van der Waals surface area contributed by atoms with Gasteiger partial charge in [0.05, 0.1) is 12.7 Å². The Labute approximate surface area is 125 Å². The quantitative estimate of drug-likeness (QED) is 0.786. The number of methoxy groups -OCH3 is 1. The lowest BCUT2D eigenvalue weighted by Gasteiger charge is -2.32. The van der Waals surface area contributed by atoms with E-state index in [1.807, 2.05) is 17.0 Å². The van der Waals surface area contributed by atoms with Crippen LogP contribution in [0.25, 0.3) is 0 Å². The fourth-order valence-corrected chi connectivity index (χ4v) is 3.55. The van der Waals surface area contributed by atoms with Gasteiger partial charge in [0.1, 0.15) is 0 Å². The Morgan fingerprint density at radius 1 is 1.19 bits per heavy atom. The van der Waals surface area contributed by atoms with E-state index >= 15 is 0 Å². The third-order valence-corrected chi connectivity index (χ3v) is 4.63. The number of esters is 1. The molecule has 4 heteroatoms. The van der Waals surface area contributed by atoms with Crippen molar-refractivity contribution >= 4 is 17.6 Å². The van der Waals surface area contributed by atoms with Crippen LogP contribution >= 0.6 is 0 Å². The maximum Gasteiger partial charge on any atom is 0.338 e. The van der Waals surface area contributed by atoms with Crippen LogP contribution in [-0.2, 0) is 16.0 Å². The molecule has 1 fully saturated rings. The van der Waals surface area contributed by atoms with Crippen LogP contribution in [0.15, 0.2) is 18.2 Å². The van der Waals surface area contributed by atoms with Crippen molar-refractivity contribution in [1.82, 2.24) is 0 Å². The van der Waals surface area contributed by atoms with E-state index in [1.54, 1.807) is 6.07 Å². The average Bonchev–Trinajstić information content (AvgIpc) is 3.06. The Morgan fingerprint density at radius 2 is 1.95 bits per heavy atom. The van der Waals surface area contributed by atoms with Crippen LogP contribution in [-0.4, -0.2) is 25.5 Å². The highest BCUT2D eigenvalue weighted by Crippen LogP contribution is 2.34. The lowest BCUT2D eigenvalue weighted by molar-refractivity contribution is -0.122. The smallest absolute Gasteiger partial charge is 0.338 e. The molecule has 0 radical (unpaired) electrons. The number of carbonyl (C=O) groups excluding carboxylic acids is 2. The van der Waals surface area contributed by atoms with Gasteiger partial charge in [0, 0.05) is 18.2 Å². The topological polar surface area (TPSA) is 46.6 Å². The standard InChI is InChI=1S/C17H21NO3/c1-21-17(20)14-8-4-10-15-13(14)9-5-11-18(15)16(19)12-6-2-3-7-12/h4,8,10,12H,2-3,5-7,9,11H2,1H3. The molecule has 1 aliphatic carbocycles. The van der Waals surface area contributed by atoms with Gasteiger partial charge in [-0.3, -0.25) is 4.79 Å². The van der Waals surface area contributed by atoms with E-state index in [1.165, 1.54) is 7.11 Å². The Bertz CT molecular complexity index is 561. The summed E-state index contributed by atoms with van der Waals surface area (Å²) < 4.78 is 4.86. The van der Waals surface area contributed by atoms with Gasteiger partial charge in [-0.2, -0.15) is 0 Å². The van der Waals surface area contributed by atoms with Gasteiger partial charge in [-0.05, 0) is 43.4 Å². The number of nitrogens with zero attached hydrogens (tertiary/aromatic N) is 1. The van der Waals surface area contributed by atoms with Gasteiger partial charge in [0.25, 0.3) is 0 Å². The molecule has 0 unspecified atom stereocenters. The molecule has 1 aromatic rings. The number of fused-ring (bicyclic) bond motifs is 1. The van der Waals surface area contributed by atoms with Gasteiger partial charge < -0.3 is 9.64 Å². The molecule has 1 heterocycles. The number of hydrogen-bond donors (Lipinski definition) is 0. The molecule has 21 heavy (non-hydrogen) atoms. The zero-order valence-corrected chi connectivity index (χ0v) is 12.4. The van der Waals surface area contributed by atoms with Crippen LogP contribution in [0.1, 0.15) is 48.0 Å². The fourth-order valence-electron chi connectivity index (χ4n) is 3.55. The van der Waals surface area contributed by atoms with Crippen molar-refractivity contribution in [1.29, 1.82) is 0 Å². The summed E-state index contributed by atoms with van der Waals surface area (Å²) in [5.41, 5.74) is 2.46. The Kier molecular flexibility index (Phi) is 3.95. The second-order valence-corrected chi connectivity index (χ2v) is 5.87. The second-order valence-electron chi connectivity index (χ2n) is 5.87. The van der Waals surface area contributed by atoms with Crippen LogP contribution in [0.4, 0.5) is 5.69 Å². The number of ether oxygens (including phenoxy) is 1. The zero-order chi connectivity index (χ0) is 14.8. The number of benzene rings is 1. The molecular formula is C17H21NO3. The van der Waals surface area contributed by atoms with Gasteiger partial charge in [-0.1, -0.05) is 18.9 Å². The van der Waals surface area contributed by atoms with Crippen molar-refractivity contribution in [2.45, 2.75) is 38.5 Å². The average molecular weight is 287 g/mol. The molecule has 0 spiro atoms. The van der Waals surface area contributed by atoms with Crippen molar-refractivity contribution < 1.29 is 14.3 Å². The molecule has 0 atom stereocenters. The minimum Gasteiger partial charge on any atom is -0.465 e. The maximum absolute atomic E-state index is 12.7. The van der Waals surface area contributed by atoms with Crippen LogP contribution in [0.2, 0.25) is 0 Å². The molecule has 3 rings (SSSR count). The summed E-state index contributed by atoms with van der Waals surface area (Å²) in [4.78, 5) is 26.5. The number of anilines is 1. The number of carbonyl (C=O) groups is 2. The Hall–Kier alpha value is -1.84. The first-order valence-electron chi connectivity index (χ1n) is 7.74. The highest BCUT2D eigenvalue weighted by molar-refractivity contribution is 5.99. The van der Waals surface area contributed by atoms with Crippen LogP contribution in [0.3, 0.4) is 0 Å². The van der Waals surface area contributed by atoms with E-state index in [0.717, 1.165) is 56.3 Å². The maximum atomic E-state index is 12.7. The number of rotatable bonds is 2. The SMILES string of the molecule is COC(=O)c1cccc2c1CCCN2C(=O)C1CCCC1. The summed E-state index contributed by atoms with van der Waals surface area (Å²) in [6.07, 6.45) is 6.04. The van der Waals surface area contributed by atoms with Gasteiger partial charge in [-0.15, -0.1) is 0 Å². The molecule has 0 N–H and O–H groups in total. The highest BCUT2D eigenvalue weighted by Gasteiger charge is 2.31. The monoisotopic (exact) mass is 287 g/mol. The highest BCUT2D eigenvalue weighted by atomic mass is 16.5. The first-order valence-corrected chi connectivity index (χ1v) is 7.74. The minimum absolute atomic E-state index is 0.165. The normalized spacial score (nSPS) is 18.4. The number of amides is 1. The molecule has 1 aromatic carbocycles. The molecule has 0 saturated heterocycles. The summed E-state index contributed by atoms with van der Waals surface area (Å²) in [6, 6.07) is 5.58. The fraction of sp³-hybridized carbons (Fsp3) is 0.529. The van der Waals surface area contributed by atoms with E-state index in [9.17, 15) is 9.59 Å². The molecule has 1 amide bonds. The lowest BCUT2D eigenvalue weighted by Crippen LogP contribution is -2.39. The lowest BCUT2D eigenvalue weighted by atomic mass is 9.94. The van der Waals surface area contributed by atoms with E-state index < -0.39 is 0 Å².